The lowest BCUT2D eigenvalue weighted by Crippen LogP contribution is -2.21. The zero-order valence-electron chi connectivity index (χ0n) is 11.0. The van der Waals surface area contributed by atoms with Gasteiger partial charge in [0.2, 0.25) is 0 Å². The van der Waals surface area contributed by atoms with E-state index in [1.165, 1.54) is 38.5 Å². The molecule has 0 aliphatic carbocycles. The van der Waals surface area contributed by atoms with Gasteiger partial charge in [-0.3, -0.25) is 0 Å². The first-order chi connectivity index (χ1) is 8.65. The summed E-state index contributed by atoms with van der Waals surface area (Å²) in [6, 6.07) is 0. The Morgan fingerprint density at radius 2 is 1.28 bits per heavy atom. The number of thiol groups is 5. The van der Waals surface area contributed by atoms with Gasteiger partial charge in [0.1, 0.15) is 0 Å². The summed E-state index contributed by atoms with van der Waals surface area (Å²) < 4.78 is 0. The monoisotopic (exact) mass is 344 g/mol. The van der Waals surface area contributed by atoms with Crippen LogP contribution in [0.4, 0.5) is 0 Å². The maximum absolute atomic E-state index is 4.74. The summed E-state index contributed by atoms with van der Waals surface area (Å²) in [5, 5.41) is 0.948. The third-order valence-corrected chi connectivity index (χ3v) is 5.46. The molecular formula is C13H28S5. The lowest BCUT2D eigenvalue weighted by atomic mass is 9.95. The predicted molar refractivity (Wildman–Crippen MR) is 103 cm³/mol. The van der Waals surface area contributed by atoms with Crippen LogP contribution in [0, 0.1) is 5.92 Å². The number of hydrogen-bond acceptors (Lipinski definition) is 5. The van der Waals surface area contributed by atoms with Crippen molar-refractivity contribution in [2.45, 2.75) is 55.4 Å². The van der Waals surface area contributed by atoms with Gasteiger partial charge in [-0.05, 0) is 55.3 Å². The lowest BCUT2D eigenvalue weighted by Gasteiger charge is -2.24. The van der Waals surface area contributed by atoms with Crippen LogP contribution in [0.1, 0.15) is 44.9 Å². The highest BCUT2D eigenvalue weighted by atomic mass is 32.1. The summed E-state index contributed by atoms with van der Waals surface area (Å²) in [7, 11) is 0. The quantitative estimate of drug-likeness (QED) is 0.246. The average molecular weight is 345 g/mol. The van der Waals surface area contributed by atoms with Crippen molar-refractivity contribution >= 4 is 63.1 Å². The third-order valence-electron chi connectivity index (χ3n) is 3.21. The second kappa shape index (κ2) is 13.7. The molecule has 5 heteroatoms. The molecule has 0 aromatic rings. The fourth-order valence-electron chi connectivity index (χ4n) is 2.01. The second-order valence-electron chi connectivity index (χ2n) is 4.84. The molecule has 0 aromatic carbocycles. The fourth-order valence-corrected chi connectivity index (χ4v) is 3.89. The van der Waals surface area contributed by atoms with Crippen LogP contribution < -0.4 is 0 Å². The van der Waals surface area contributed by atoms with Gasteiger partial charge in [0.05, 0.1) is 0 Å². The molecule has 0 bridgehead atoms. The van der Waals surface area contributed by atoms with Crippen molar-refractivity contribution < 1.29 is 0 Å². The zero-order valence-corrected chi connectivity index (χ0v) is 15.5. The second-order valence-corrected chi connectivity index (χ2v) is 7.49. The van der Waals surface area contributed by atoms with Crippen molar-refractivity contribution in [3.05, 3.63) is 0 Å². The van der Waals surface area contributed by atoms with E-state index in [1.54, 1.807) is 0 Å². The van der Waals surface area contributed by atoms with Gasteiger partial charge in [-0.15, -0.1) is 0 Å². The van der Waals surface area contributed by atoms with Crippen molar-refractivity contribution in [2.75, 3.05) is 17.3 Å². The Labute approximate surface area is 141 Å². The minimum atomic E-state index is 0.460. The van der Waals surface area contributed by atoms with E-state index in [4.69, 9.17) is 25.3 Å². The first-order valence-corrected chi connectivity index (χ1v) is 9.77. The predicted octanol–water partition coefficient (Wildman–Crippen LogP) is 4.72. The molecule has 0 nitrogen and oxygen atoms in total. The van der Waals surface area contributed by atoms with Crippen LogP contribution in [0.15, 0.2) is 0 Å². The van der Waals surface area contributed by atoms with E-state index in [-0.39, 0.29) is 0 Å². The van der Waals surface area contributed by atoms with Gasteiger partial charge in [0, 0.05) is 10.5 Å². The van der Waals surface area contributed by atoms with Crippen LogP contribution in [0.3, 0.4) is 0 Å². The molecule has 0 saturated carbocycles. The molecule has 0 aromatic heterocycles. The molecule has 0 aliphatic rings. The Hall–Kier alpha value is 1.75. The fraction of sp³-hybridized carbons (Fsp3) is 1.00. The molecule has 18 heavy (non-hydrogen) atoms. The van der Waals surface area contributed by atoms with E-state index >= 15 is 0 Å². The van der Waals surface area contributed by atoms with Crippen molar-refractivity contribution in [3.63, 3.8) is 0 Å². The minimum Gasteiger partial charge on any atom is -0.179 e. The normalized spacial score (nSPS) is 16.5. The van der Waals surface area contributed by atoms with Crippen LogP contribution in [0.2, 0.25) is 0 Å². The Bertz CT molecular complexity index is 177. The minimum absolute atomic E-state index is 0.460. The Balaban J connectivity index is 3.84. The number of rotatable bonds is 12. The zero-order chi connectivity index (χ0) is 13.8. The van der Waals surface area contributed by atoms with Crippen molar-refractivity contribution in [1.82, 2.24) is 0 Å². The van der Waals surface area contributed by atoms with E-state index in [1.807, 2.05) is 0 Å². The first kappa shape index (κ1) is 19.8. The highest BCUT2D eigenvalue weighted by molar-refractivity contribution is 7.81. The van der Waals surface area contributed by atoms with Gasteiger partial charge >= 0.3 is 0 Å². The molecule has 0 saturated heterocycles. The molecular weight excluding hydrogens is 316 g/mol. The van der Waals surface area contributed by atoms with Crippen molar-refractivity contribution in [2.24, 2.45) is 5.92 Å². The van der Waals surface area contributed by atoms with Gasteiger partial charge in [-0.25, -0.2) is 0 Å². The summed E-state index contributed by atoms with van der Waals surface area (Å²) in [4.78, 5) is 0. The Morgan fingerprint density at radius 1 is 0.722 bits per heavy atom. The Morgan fingerprint density at radius 3 is 1.78 bits per heavy atom. The molecule has 0 rings (SSSR count). The largest absolute Gasteiger partial charge is 0.179 e. The molecule has 0 heterocycles. The van der Waals surface area contributed by atoms with Crippen molar-refractivity contribution in [3.8, 4) is 0 Å². The number of hydrogen-bond donors (Lipinski definition) is 5. The van der Waals surface area contributed by atoms with E-state index in [0.717, 1.165) is 23.7 Å². The molecule has 110 valence electrons. The third kappa shape index (κ3) is 10.5. The van der Waals surface area contributed by atoms with Crippen LogP contribution in [-0.4, -0.2) is 27.8 Å². The first-order valence-electron chi connectivity index (χ1n) is 6.84. The van der Waals surface area contributed by atoms with E-state index in [9.17, 15) is 0 Å². The smallest absolute Gasteiger partial charge is 0.00532 e. The average Bonchev–Trinajstić information content (AvgIpc) is 2.36. The SMILES string of the molecule is SCCCCC(S)CC(CS)C(S)CCCCS. The molecule has 3 unspecified atom stereocenters. The van der Waals surface area contributed by atoms with E-state index in [2.05, 4.69) is 37.9 Å². The summed E-state index contributed by atoms with van der Waals surface area (Å²) in [5.74, 6) is 3.45. The maximum Gasteiger partial charge on any atom is 0.00532 e. The van der Waals surface area contributed by atoms with E-state index < -0.39 is 0 Å². The lowest BCUT2D eigenvalue weighted by molar-refractivity contribution is 0.469. The van der Waals surface area contributed by atoms with Gasteiger partial charge in [0.15, 0.2) is 0 Å². The van der Waals surface area contributed by atoms with Gasteiger partial charge in [-0.1, -0.05) is 12.8 Å². The molecule has 0 aliphatic heterocycles. The molecule has 0 amide bonds. The van der Waals surface area contributed by atoms with Gasteiger partial charge < -0.3 is 0 Å². The molecule has 0 fully saturated rings. The Kier molecular flexibility index (Phi) is 15.1. The highest BCUT2D eigenvalue weighted by Gasteiger charge is 2.19. The number of unbranched alkanes of at least 4 members (excludes halogenated alkanes) is 2. The topological polar surface area (TPSA) is 0 Å². The van der Waals surface area contributed by atoms with Crippen LogP contribution in [-0.2, 0) is 0 Å². The summed E-state index contributed by atoms with van der Waals surface area (Å²) in [6.45, 7) is 0. The molecule has 0 spiro atoms. The molecule has 0 N–H and O–H groups in total. The molecule has 3 atom stereocenters. The standard InChI is InChI=1S/C13H28S5/c14-7-3-1-5-12(17)9-11(10-16)13(18)6-2-4-8-15/h11-18H,1-10H2. The van der Waals surface area contributed by atoms with Gasteiger partial charge in [0.25, 0.3) is 0 Å². The van der Waals surface area contributed by atoms with Gasteiger partial charge in [-0.2, -0.15) is 63.1 Å². The van der Waals surface area contributed by atoms with Crippen LogP contribution in [0.25, 0.3) is 0 Å². The summed E-state index contributed by atoms with van der Waals surface area (Å²) in [6.07, 6.45) is 8.32. The van der Waals surface area contributed by atoms with E-state index in [0.29, 0.717) is 16.4 Å². The summed E-state index contributed by atoms with van der Waals surface area (Å²) in [5.41, 5.74) is 0. The van der Waals surface area contributed by atoms with Crippen LogP contribution >= 0.6 is 63.1 Å². The molecule has 0 radical (unpaired) electrons. The maximum atomic E-state index is 4.74. The van der Waals surface area contributed by atoms with Crippen LogP contribution in [0.5, 0.6) is 0 Å². The van der Waals surface area contributed by atoms with Crippen molar-refractivity contribution in [1.29, 1.82) is 0 Å². The highest BCUT2D eigenvalue weighted by Crippen LogP contribution is 2.26. The summed E-state index contributed by atoms with van der Waals surface area (Å²) >= 11 is 22.4.